The van der Waals surface area contributed by atoms with Crippen molar-refractivity contribution < 1.29 is 41.0 Å². The first-order valence-electron chi connectivity index (χ1n) is 7.76. The van der Waals surface area contributed by atoms with Crippen LogP contribution in [-0.2, 0) is 26.9 Å². The molecule has 5 nitrogen and oxygen atoms in total. The van der Waals surface area contributed by atoms with Gasteiger partial charge in [0, 0.05) is 13.5 Å². The van der Waals surface area contributed by atoms with E-state index in [1.165, 1.54) is 7.05 Å². The highest BCUT2D eigenvalue weighted by Crippen LogP contribution is 2.34. The summed E-state index contributed by atoms with van der Waals surface area (Å²) in [6.45, 7) is 4.77. The second kappa shape index (κ2) is 8.10. The van der Waals surface area contributed by atoms with Crippen molar-refractivity contribution in [3.8, 4) is 0 Å². The number of ether oxygens (including phenoxy) is 2. The van der Waals surface area contributed by atoms with Crippen molar-refractivity contribution in [2.75, 3.05) is 14.2 Å². The van der Waals surface area contributed by atoms with Crippen LogP contribution in [0.4, 0.5) is 26.7 Å². The molecule has 1 rings (SSSR count). The second-order valence-electron chi connectivity index (χ2n) is 6.77. The first-order valence-corrected chi connectivity index (χ1v) is 7.76. The average Bonchev–Trinajstić information content (AvgIpc) is 2.47. The van der Waals surface area contributed by atoms with Gasteiger partial charge in [-0.25, -0.2) is 18.4 Å². The molecule has 0 saturated heterocycles. The van der Waals surface area contributed by atoms with Gasteiger partial charge in [-0.3, -0.25) is 4.90 Å². The summed E-state index contributed by atoms with van der Waals surface area (Å²) in [6.07, 6.45) is -6.60. The molecule has 0 saturated carbocycles. The van der Waals surface area contributed by atoms with Crippen molar-refractivity contribution in [3.63, 3.8) is 0 Å². The number of benzene rings is 1. The van der Waals surface area contributed by atoms with E-state index in [0.29, 0.717) is 12.1 Å². The summed E-state index contributed by atoms with van der Waals surface area (Å²) in [5.41, 5.74) is -3.16. The van der Waals surface area contributed by atoms with E-state index in [9.17, 15) is 31.5 Å². The SMILES string of the molecule is COC(=O)C(Cc1cc(F)c(C(F)(F)F)c(F)c1)N(C)C(=O)OC(C)(C)C. The molecule has 0 aliphatic heterocycles. The number of carbonyl (C=O) groups is 2. The Bertz CT molecular complexity index is 689. The maximum absolute atomic E-state index is 13.7. The molecule has 0 radical (unpaired) electrons. The standard InChI is InChI=1S/C17H20F5NO4/c1-16(2,3)27-15(25)23(4)12(14(24)26-5)8-9-6-10(18)13(11(19)7-9)17(20,21)22/h6-7,12H,8H2,1-5H3. The summed E-state index contributed by atoms with van der Waals surface area (Å²) in [6, 6.07) is -0.435. The van der Waals surface area contributed by atoms with Crippen LogP contribution in [0.25, 0.3) is 0 Å². The molecule has 1 aromatic rings. The van der Waals surface area contributed by atoms with E-state index in [-0.39, 0.29) is 5.56 Å². The predicted octanol–water partition coefficient (Wildman–Crippen LogP) is 3.93. The van der Waals surface area contributed by atoms with Gasteiger partial charge < -0.3 is 9.47 Å². The van der Waals surface area contributed by atoms with Crippen molar-refractivity contribution in [2.24, 2.45) is 0 Å². The van der Waals surface area contributed by atoms with Crippen LogP contribution >= 0.6 is 0 Å². The molecule has 0 aliphatic rings. The van der Waals surface area contributed by atoms with Crippen molar-refractivity contribution in [1.29, 1.82) is 0 Å². The summed E-state index contributed by atoms with van der Waals surface area (Å²) in [5.74, 6) is -4.56. The van der Waals surface area contributed by atoms with E-state index < -0.39 is 53.5 Å². The molecule has 0 N–H and O–H groups in total. The molecule has 1 amide bonds. The fourth-order valence-corrected chi connectivity index (χ4v) is 2.21. The third-order valence-corrected chi connectivity index (χ3v) is 3.44. The molecule has 0 aromatic heterocycles. The smallest absolute Gasteiger partial charge is 0.422 e. The number of amides is 1. The lowest BCUT2D eigenvalue weighted by molar-refractivity contribution is -0.146. The van der Waals surface area contributed by atoms with E-state index in [2.05, 4.69) is 4.74 Å². The quantitative estimate of drug-likeness (QED) is 0.571. The number of rotatable bonds is 4. The molecule has 1 unspecified atom stereocenters. The van der Waals surface area contributed by atoms with Crippen LogP contribution in [-0.4, -0.2) is 42.8 Å². The van der Waals surface area contributed by atoms with Gasteiger partial charge in [0.15, 0.2) is 0 Å². The highest BCUT2D eigenvalue weighted by atomic mass is 19.4. The van der Waals surface area contributed by atoms with Gasteiger partial charge in [0.1, 0.15) is 28.8 Å². The second-order valence-corrected chi connectivity index (χ2v) is 6.77. The van der Waals surface area contributed by atoms with Gasteiger partial charge >= 0.3 is 18.2 Å². The maximum Gasteiger partial charge on any atom is 0.422 e. The van der Waals surface area contributed by atoms with Gasteiger partial charge in [0.05, 0.1) is 7.11 Å². The van der Waals surface area contributed by atoms with Crippen LogP contribution in [0.3, 0.4) is 0 Å². The molecule has 0 bridgehead atoms. The van der Waals surface area contributed by atoms with Crippen molar-refractivity contribution in [2.45, 2.75) is 45.0 Å². The fraction of sp³-hybridized carbons (Fsp3) is 0.529. The number of alkyl halides is 3. The topological polar surface area (TPSA) is 55.8 Å². The van der Waals surface area contributed by atoms with Crippen LogP contribution < -0.4 is 0 Å². The minimum absolute atomic E-state index is 0.260. The van der Waals surface area contributed by atoms with E-state index in [1.54, 1.807) is 20.8 Å². The van der Waals surface area contributed by atoms with E-state index in [1.807, 2.05) is 0 Å². The highest BCUT2D eigenvalue weighted by molar-refractivity contribution is 5.81. The number of carbonyl (C=O) groups excluding carboxylic acids is 2. The largest absolute Gasteiger partial charge is 0.467 e. The van der Waals surface area contributed by atoms with Gasteiger partial charge in [-0.1, -0.05) is 0 Å². The van der Waals surface area contributed by atoms with Crippen LogP contribution in [0.2, 0.25) is 0 Å². The number of methoxy groups -OCH3 is 1. The third kappa shape index (κ3) is 6.07. The fourth-order valence-electron chi connectivity index (χ4n) is 2.21. The first kappa shape index (κ1) is 22.7. The average molecular weight is 397 g/mol. The molecule has 27 heavy (non-hydrogen) atoms. The minimum Gasteiger partial charge on any atom is -0.467 e. The molecule has 0 spiro atoms. The van der Waals surface area contributed by atoms with Gasteiger partial charge in [0.25, 0.3) is 0 Å². The van der Waals surface area contributed by atoms with Gasteiger partial charge in [-0.15, -0.1) is 0 Å². The van der Waals surface area contributed by atoms with Crippen molar-refractivity contribution in [1.82, 2.24) is 4.90 Å². The Morgan fingerprint density at radius 2 is 1.59 bits per heavy atom. The lowest BCUT2D eigenvalue weighted by Crippen LogP contribution is -2.46. The number of likely N-dealkylation sites (N-methyl/N-ethyl adjacent to an activating group) is 1. The summed E-state index contributed by atoms with van der Waals surface area (Å²) < 4.78 is 75.1. The predicted molar refractivity (Wildman–Crippen MR) is 84.9 cm³/mol. The Balaban J connectivity index is 3.18. The van der Waals surface area contributed by atoms with E-state index in [4.69, 9.17) is 4.74 Å². The number of nitrogens with zero attached hydrogens (tertiary/aromatic N) is 1. The summed E-state index contributed by atoms with van der Waals surface area (Å²) in [5, 5.41) is 0. The Morgan fingerprint density at radius 1 is 1.11 bits per heavy atom. The molecular weight excluding hydrogens is 377 g/mol. The molecule has 0 heterocycles. The third-order valence-electron chi connectivity index (χ3n) is 3.44. The van der Waals surface area contributed by atoms with Crippen LogP contribution in [0.15, 0.2) is 12.1 Å². The zero-order valence-corrected chi connectivity index (χ0v) is 15.4. The van der Waals surface area contributed by atoms with E-state index in [0.717, 1.165) is 12.0 Å². The van der Waals surface area contributed by atoms with Crippen LogP contribution in [0.5, 0.6) is 0 Å². The normalized spacial score (nSPS) is 13.1. The Labute approximate surface area is 153 Å². The first-order chi connectivity index (χ1) is 12.2. The van der Waals surface area contributed by atoms with Gasteiger partial charge in [0.2, 0.25) is 0 Å². The Morgan fingerprint density at radius 3 is 1.96 bits per heavy atom. The molecule has 1 atom stereocenters. The highest BCUT2D eigenvalue weighted by Gasteiger charge is 2.38. The van der Waals surface area contributed by atoms with Crippen LogP contribution in [0, 0.1) is 11.6 Å². The zero-order valence-electron chi connectivity index (χ0n) is 15.4. The molecule has 152 valence electrons. The van der Waals surface area contributed by atoms with Crippen molar-refractivity contribution >= 4 is 12.1 Å². The Hall–Kier alpha value is -2.39. The summed E-state index contributed by atoms with van der Waals surface area (Å²) in [4.78, 5) is 25.0. The lowest BCUT2D eigenvalue weighted by Gasteiger charge is -2.29. The molecule has 10 heteroatoms. The van der Waals surface area contributed by atoms with Crippen molar-refractivity contribution in [3.05, 3.63) is 34.9 Å². The zero-order chi connectivity index (χ0) is 21.2. The minimum atomic E-state index is -5.21. The summed E-state index contributed by atoms with van der Waals surface area (Å²) >= 11 is 0. The Kier molecular flexibility index (Phi) is 6.79. The lowest BCUT2D eigenvalue weighted by atomic mass is 10.0. The van der Waals surface area contributed by atoms with E-state index >= 15 is 0 Å². The molecular formula is C17H20F5NO4. The molecule has 0 fully saturated rings. The summed E-state index contributed by atoms with van der Waals surface area (Å²) in [7, 11) is 2.23. The van der Waals surface area contributed by atoms with Gasteiger partial charge in [-0.05, 0) is 38.5 Å². The molecule has 0 aliphatic carbocycles. The maximum atomic E-state index is 13.7. The number of halogens is 5. The number of esters is 1. The number of hydrogen-bond acceptors (Lipinski definition) is 4. The van der Waals surface area contributed by atoms with Crippen LogP contribution in [0.1, 0.15) is 31.9 Å². The monoisotopic (exact) mass is 397 g/mol. The van der Waals surface area contributed by atoms with Gasteiger partial charge in [-0.2, -0.15) is 13.2 Å². The molecule has 1 aromatic carbocycles. The number of hydrogen-bond donors (Lipinski definition) is 0.